The van der Waals surface area contributed by atoms with Gasteiger partial charge in [0.2, 0.25) is 0 Å². The molecule has 5 heteroatoms. The number of hydrogen-bond donors (Lipinski definition) is 1. The average Bonchev–Trinajstić information content (AvgIpc) is 3.76. The summed E-state index contributed by atoms with van der Waals surface area (Å²) in [6.07, 6.45) is -0.310. The first-order valence-electron chi connectivity index (χ1n) is 19.5. The van der Waals surface area contributed by atoms with Gasteiger partial charge in [0.05, 0.1) is 5.69 Å². The lowest BCUT2D eigenvalue weighted by Crippen LogP contribution is -2.33. The largest absolute Gasteiger partial charge is 0.456 e. The minimum absolute atomic E-state index is 0.133. The Kier molecular flexibility index (Phi) is 7.51. The first kappa shape index (κ1) is 33.1. The van der Waals surface area contributed by atoms with Crippen molar-refractivity contribution in [2.24, 2.45) is 9.98 Å². The Hall–Kier alpha value is -7.24. The Labute approximate surface area is 331 Å². The third kappa shape index (κ3) is 5.31. The van der Waals surface area contributed by atoms with Crippen LogP contribution in [0.15, 0.2) is 196 Å². The zero-order valence-corrected chi connectivity index (χ0v) is 31.6. The van der Waals surface area contributed by atoms with Crippen molar-refractivity contribution >= 4 is 61.4 Å². The molecular weight excluding hydrogens is 697 g/mol. The number of nitrogens with zero attached hydrogens (tertiary/aromatic N) is 3. The molecule has 0 saturated heterocycles. The number of anilines is 3. The van der Waals surface area contributed by atoms with Crippen LogP contribution in [0.25, 0.3) is 43.8 Å². The van der Waals surface area contributed by atoms with Crippen molar-refractivity contribution in [2.75, 3.05) is 4.90 Å². The van der Waals surface area contributed by atoms with Crippen LogP contribution in [0.2, 0.25) is 0 Å². The standard InChI is InChI=1S/C52H38N4O/c1-52(2)42-27-15-14-23-37(42)38-30-29-36(31-43(38)52)56(35-21-10-5-11-22-35)44-32-46-47(40-25-13-12-24-39(40)44)48-41(26-16-28-45(48)57-46)51-54-49(33-17-6-3-7-18-33)53-50(55-51)34-19-8-4-9-20-34/h3-32,49H,1-2H3,(H,53,54,55). The number of aliphatic imine (C=N–C) groups is 2. The van der Waals surface area contributed by atoms with Gasteiger partial charge < -0.3 is 14.6 Å². The molecule has 1 aliphatic heterocycles. The Morgan fingerprint density at radius 2 is 1.21 bits per heavy atom. The fraction of sp³-hybridized carbons (Fsp3) is 0.0769. The first-order chi connectivity index (χ1) is 28.0. The maximum Gasteiger partial charge on any atom is 0.159 e. The van der Waals surface area contributed by atoms with Gasteiger partial charge in [-0.15, -0.1) is 0 Å². The second-order valence-electron chi connectivity index (χ2n) is 15.4. The molecule has 0 bridgehead atoms. The zero-order valence-electron chi connectivity index (χ0n) is 31.6. The summed E-state index contributed by atoms with van der Waals surface area (Å²) in [5, 5.41) is 8.01. The number of para-hydroxylation sites is 1. The van der Waals surface area contributed by atoms with Crippen LogP contribution in [-0.2, 0) is 5.41 Å². The average molecular weight is 735 g/mol. The summed E-state index contributed by atoms with van der Waals surface area (Å²) in [7, 11) is 0. The number of rotatable bonds is 6. The summed E-state index contributed by atoms with van der Waals surface area (Å²) >= 11 is 0. The summed E-state index contributed by atoms with van der Waals surface area (Å²) in [5.41, 5.74) is 13.0. The van der Waals surface area contributed by atoms with Gasteiger partial charge in [0, 0.05) is 50.1 Å². The number of nitrogens with one attached hydrogen (secondary N) is 1. The SMILES string of the molecule is CC1(C)c2ccccc2-c2ccc(N(c3ccccc3)c3cc4oc5cccc(C6=NC(c7ccccc7)=NC(c7ccccc7)N6)c5c4c4ccccc34)cc21. The van der Waals surface area contributed by atoms with Crippen molar-refractivity contribution in [3.05, 3.63) is 210 Å². The van der Waals surface area contributed by atoms with E-state index >= 15 is 0 Å². The maximum atomic E-state index is 6.89. The highest BCUT2D eigenvalue weighted by Gasteiger charge is 2.36. The summed E-state index contributed by atoms with van der Waals surface area (Å²) in [5.74, 6) is 1.45. The lowest BCUT2D eigenvalue weighted by atomic mass is 9.82. The molecule has 1 atom stereocenters. The molecule has 0 radical (unpaired) electrons. The zero-order chi connectivity index (χ0) is 38.1. The van der Waals surface area contributed by atoms with Crippen LogP contribution in [0.5, 0.6) is 0 Å². The van der Waals surface area contributed by atoms with Crippen LogP contribution >= 0.6 is 0 Å². The van der Waals surface area contributed by atoms with Crippen LogP contribution in [0.3, 0.4) is 0 Å². The molecule has 1 unspecified atom stereocenters. The third-order valence-corrected chi connectivity index (χ3v) is 11.7. The van der Waals surface area contributed by atoms with Gasteiger partial charge in [-0.1, -0.05) is 159 Å². The highest BCUT2D eigenvalue weighted by molar-refractivity contribution is 6.28. The highest BCUT2D eigenvalue weighted by atomic mass is 16.3. The monoisotopic (exact) mass is 734 g/mol. The van der Waals surface area contributed by atoms with E-state index in [1.807, 2.05) is 24.3 Å². The van der Waals surface area contributed by atoms with E-state index in [4.69, 9.17) is 14.4 Å². The minimum atomic E-state index is -0.310. The van der Waals surface area contributed by atoms with E-state index in [-0.39, 0.29) is 11.6 Å². The molecule has 57 heavy (non-hydrogen) atoms. The van der Waals surface area contributed by atoms with Crippen molar-refractivity contribution in [1.82, 2.24) is 5.32 Å². The van der Waals surface area contributed by atoms with E-state index in [1.54, 1.807) is 0 Å². The van der Waals surface area contributed by atoms with E-state index in [1.165, 1.54) is 22.3 Å². The first-order valence-corrected chi connectivity index (χ1v) is 19.5. The second-order valence-corrected chi connectivity index (χ2v) is 15.4. The van der Waals surface area contributed by atoms with Crippen molar-refractivity contribution in [2.45, 2.75) is 25.4 Å². The second kappa shape index (κ2) is 12.9. The third-order valence-electron chi connectivity index (χ3n) is 11.7. The Bertz CT molecular complexity index is 3070. The van der Waals surface area contributed by atoms with E-state index in [2.05, 4.69) is 182 Å². The molecule has 2 aliphatic rings. The van der Waals surface area contributed by atoms with E-state index in [0.717, 1.165) is 72.3 Å². The fourth-order valence-electron chi connectivity index (χ4n) is 8.99. The van der Waals surface area contributed by atoms with Crippen molar-refractivity contribution < 1.29 is 4.42 Å². The summed E-state index contributed by atoms with van der Waals surface area (Å²) in [4.78, 5) is 12.7. The Balaban J connectivity index is 1.12. The van der Waals surface area contributed by atoms with Crippen LogP contribution < -0.4 is 10.2 Å². The molecule has 0 amide bonds. The van der Waals surface area contributed by atoms with E-state index < -0.39 is 0 Å². The van der Waals surface area contributed by atoms with Gasteiger partial charge in [-0.3, -0.25) is 0 Å². The van der Waals surface area contributed by atoms with E-state index in [9.17, 15) is 0 Å². The molecule has 11 rings (SSSR count). The molecule has 9 aromatic rings. The van der Waals surface area contributed by atoms with Gasteiger partial charge in [-0.05, 0) is 63.5 Å². The van der Waals surface area contributed by atoms with Crippen LogP contribution in [-0.4, -0.2) is 11.7 Å². The van der Waals surface area contributed by atoms with Gasteiger partial charge in [0.15, 0.2) is 5.84 Å². The van der Waals surface area contributed by atoms with Crippen LogP contribution in [0.4, 0.5) is 17.1 Å². The molecule has 8 aromatic carbocycles. The lowest BCUT2D eigenvalue weighted by molar-refractivity contribution is 0.660. The molecule has 1 N–H and O–H groups in total. The molecule has 5 nitrogen and oxygen atoms in total. The number of furan rings is 1. The van der Waals surface area contributed by atoms with Gasteiger partial charge in [-0.2, -0.15) is 0 Å². The molecule has 0 fully saturated rings. The maximum absolute atomic E-state index is 6.89. The molecule has 2 heterocycles. The molecule has 1 aromatic heterocycles. The van der Waals surface area contributed by atoms with Crippen LogP contribution in [0, 0.1) is 0 Å². The smallest absolute Gasteiger partial charge is 0.159 e. The Morgan fingerprint density at radius 3 is 2.02 bits per heavy atom. The predicted molar refractivity (Wildman–Crippen MR) is 235 cm³/mol. The number of fused-ring (bicyclic) bond motifs is 8. The van der Waals surface area contributed by atoms with E-state index in [0.29, 0.717) is 5.84 Å². The van der Waals surface area contributed by atoms with Gasteiger partial charge >= 0.3 is 0 Å². The lowest BCUT2D eigenvalue weighted by Gasteiger charge is -2.29. The number of amidine groups is 2. The molecule has 1 aliphatic carbocycles. The number of hydrogen-bond acceptors (Lipinski definition) is 5. The molecule has 0 spiro atoms. The quantitative estimate of drug-likeness (QED) is 0.185. The number of benzene rings is 8. The highest BCUT2D eigenvalue weighted by Crippen LogP contribution is 2.51. The fourth-order valence-corrected chi connectivity index (χ4v) is 8.99. The minimum Gasteiger partial charge on any atom is -0.456 e. The molecular formula is C52H38N4O. The predicted octanol–water partition coefficient (Wildman–Crippen LogP) is 13.0. The molecule has 272 valence electrons. The van der Waals surface area contributed by atoms with Gasteiger partial charge in [0.1, 0.15) is 23.2 Å². The van der Waals surface area contributed by atoms with Crippen molar-refractivity contribution in [3.63, 3.8) is 0 Å². The Morgan fingerprint density at radius 1 is 0.544 bits per heavy atom. The molecule has 0 saturated carbocycles. The van der Waals surface area contributed by atoms with Gasteiger partial charge in [0.25, 0.3) is 0 Å². The van der Waals surface area contributed by atoms with Gasteiger partial charge in [-0.25, -0.2) is 9.98 Å². The van der Waals surface area contributed by atoms with Crippen LogP contribution in [0.1, 0.15) is 47.8 Å². The van der Waals surface area contributed by atoms with Crippen molar-refractivity contribution in [1.29, 1.82) is 0 Å². The summed E-state index contributed by atoms with van der Waals surface area (Å²) in [6, 6.07) is 64.2. The summed E-state index contributed by atoms with van der Waals surface area (Å²) in [6.45, 7) is 4.67. The normalized spacial score (nSPS) is 15.5. The summed E-state index contributed by atoms with van der Waals surface area (Å²) < 4.78 is 6.89. The topological polar surface area (TPSA) is 53.1 Å². The van der Waals surface area contributed by atoms with Crippen molar-refractivity contribution in [3.8, 4) is 11.1 Å².